The summed E-state index contributed by atoms with van der Waals surface area (Å²) < 4.78 is 27.0. The first-order chi connectivity index (χ1) is 9.86. The molecule has 0 fully saturated rings. The lowest BCUT2D eigenvalue weighted by atomic mass is 10.1. The smallest absolute Gasteiger partial charge is 0.228 e. The molecule has 0 saturated heterocycles. The Morgan fingerprint density at radius 1 is 1.29 bits per heavy atom. The number of halogens is 3. The van der Waals surface area contributed by atoms with Gasteiger partial charge in [-0.1, -0.05) is 6.07 Å². The Hall–Kier alpha value is -1.95. The van der Waals surface area contributed by atoms with Crippen molar-refractivity contribution in [1.82, 2.24) is 0 Å². The number of anilines is 2. The first kappa shape index (κ1) is 15.4. The monoisotopic (exact) mass is 354 g/mol. The fraction of sp³-hybridized carbons (Fsp3) is 0.133. The number of rotatable bonds is 3. The Labute approximate surface area is 129 Å². The zero-order chi connectivity index (χ0) is 15.6. The number of nitrogen functional groups attached to an aromatic ring is 1. The third-order valence-electron chi connectivity index (χ3n) is 3.00. The van der Waals surface area contributed by atoms with E-state index >= 15 is 0 Å². The van der Waals surface area contributed by atoms with Gasteiger partial charge in [-0.2, -0.15) is 0 Å². The van der Waals surface area contributed by atoms with Crippen LogP contribution >= 0.6 is 15.9 Å². The molecule has 3 nitrogen and oxygen atoms in total. The topological polar surface area (TPSA) is 55.1 Å². The lowest BCUT2D eigenvalue weighted by molar-refractivity contribution is -0.115. The zero-order valence-corrected chi connectivity index (χ0v) is 12.8. The number of carbonyl (C=O) groups is 1. The third kappa shape index (κ3) is 3.78. The quantitative estimate of drug-likeness (QED) is 0.823. The van der Waals surface area contributed by atoms with Crippen molar-refractivity contribution in [2.45, 2.75) is 13.3 Å². The standard InChI is InChI=1S/C15H13BrF2N2O/c1-8-4-11(16)14(7-13(8)19)20-15(21)5-9-2-3-10(17)6-12(9)18/h2-4,6-7H,5,19H2,1H3,(H,20,21). The van der Waals surface area contributed by atoms with Gasteiger partial charge in [0.2, 0.25) is 5.91 Å². The second-order valence-corrected chi connectivity index (χ2v) is 5.50. The highest BCUT2D eigenvalue weighted by Crippen LogP contribution is 2.28. The number of aryl methyl sites for hydroxylation is 1. The van der Waals surface area contributed by atoms with Gasteiger partial charge >= 0.3 is 0 Å². The molecular weight excluding hydrogens is 342 g/mol. The van der Waals surface area contributed by atoms with E-state index in [0.29, 0.717) is 15.8 Å². The minimum absolute atomic E-state index is 0.130. The van der Waals surface area contributed by atoms with Gasteiger partial charge in [-0.15, -0.1) is 0 Å². The largest absolute Gasteiger partial charge is 0.398 e. The van der Waals surface area contributed by atoms with Gasteiger partial charge in [-0.05, 0) is 52.2 Å². The van der Waals surface area contributed by atoms with Gasteiger partial charge in [-0.25, -0.2) is 8.78 Å². The van der Waals surface area contributed by atoms with Gasteiger partial charge in [0.25, 0.3) is 0 Å². The van der Waals surface area contributed by atoms with E-state index < -0.39 is 17.5 Å². The van der Waals surface area contributed by atoms with Crippen molar-refractivity contribution in [2.75, 3.05) is 11.1 Å². The molecule has 110 valence electrons. The molecule has 2 rings (SSSR count). The van der Waals surface area contributed by atoms with Crippen molar-refractivity contribution in [3.8, 4) is 0 Å². The summed E-state index contributed by atoms with van der Waals surface area (Å²) in [5.41, 5.74) is 7.84. The molecule has 6 heteroatoms. The molecule has 0 saturated carbocycles. The number of amides is 1. The zero-order valence-electron chi connectivity index (χ0n) is 11.2. The molecule has 0 unspecified atom stereocenters. The summed E-state index contributed by atoms with van der Waals surface area (Å²) >= 11 is 3.33. The summed E-state index contributed by atoms with van der Waals surface area (Å²) in [7, 11) is 0. The second kappa shape index (κ2) is 6.22. The lowest BCUT2D eigenvalue weighted by Crippen LogP contribution is -2.16. The van der Waals surface area contributed by atoms with Gasteiger partial charge < -0.3 is 11.1 Å². The minimum atomic E-state index is -0.743. The number of hydrogen-bond donors (Lipinski definition) is 2. The highest BCUT2D eigenvalue weighted by Gasteiger charge is 2.11. The minimum Gasteiger partial charge on any atom is -0.398 e. The molecule has 0 aliphatic rings. The number of nitrogens with one attached hydrogen (secondary N) is 1. The fourth-order valence-corrected chi connectivity index (χ4v) is 2.37. The van der Waals surface area contributed by atoms with Crippen molar-refractivity contribution in [2.24, 2.45) is 0 Å². The van der Waals surface area contributed by atoms with Crippen LogP contribution < -0.4 is 11.1 Å². The number of hydrogen-bond acceptors (Lipinski definition) is 2. The van der Waals surface area contributed by atoms with E-state index in [-0.39, 0.29) is 12.0 Å². The van der Waals surface area contributed by atoms with E-state index in [1.165, 1.54) is 6.07 Å². The Bertz CT molecular complexity index is 704. The van der Waals surface area contributed by atoms with Crippen LogP contribution in [0.3, 0.4) is 0 Å². The molecule has 21 heavy (non-hydrogen) atoms. The predicted octanol–water partition coefficient (Wildman–Crippen LogP) is 3.80. The Morgan fingerprint density at radius 2 is 2.00 bits per heavy atom. The molecular formula is C15H13BrF2N2O. The molecule has 0 aliphatic heterocycles. The Morgan fingerprint density at radius 3 is 2.67 bits per heavy atom. The van der Waals surface area contributed by atoms with Gasteiger partial charge in [0.1, 0.15) is 11.6 Å². The van der Waals surface area contributed by atoms with Crippen LogP contribution in [0.4, 0.5) is 20.2 Å². The molecule has 0 atom stereocenters. The van der Waals surface area contributed by atoms with E-state index in [1.54, 1.807) is 12.1 Å². The van der Waals surface area contributed by atoms with Crippen LogP contribution in [0.2, 0.25) is 0 Å². The summed E-state index contributed by atoms with van der Waals surface area (Å²) in [4.78, 5) is 11.9. The van der Waals surface area contributed by atoms with Crippen molar-refractivity contribution in [3.63, 3.8) is 0 Å². The summed E-state index contributed by atoms with van der Waals surface area (Å²) in [6, 6.07) is 6.53. The highest BCUT2D eigenvalue weighted by molar-refractivity contribution is 9.10. The van der Waals surface area contributed by atoms with Crippen LogP contribution in [-0.2, 0) is 11.2 Å². The van der Waals surface area contributed by atoms with E-state index in [1.807, 2.05) is 6.92 Å². The van der Waals surface area contributed by atoms with Crippen molar-refractivity contribution in [1.29, 1.82) is 0 Å². The number of benzene rings is 2. The summed E-state index contributed by atoms with van der Waals surface area (Å²) in [6.07, 6.45) is -0.188. The van der Waals surface area contributed by atoms with E-state index in [9.17, 15) is 13.6 Å². The lowest BCUT2D eigenvalue weighted by Gasteiger charge is -2.10. The van der Waals surface area contributed by atoms with Gasteiger partial charge in [0, 0.05) is 16.2 Å². The fourth-order valence-electron chi connectivity index (χ4n) is 1.82. The van der Waals surface area contributed by atoms with Gasteiger partial charge in [-0.3, -0.25) is 4.79 Å². The van der Waals surface area contributed by atoms with Gasteiger partial charge in [0.05, 0.1) is 12.1 Å². The molecule has 0 heterocycles. The van der Waals surface area contributed by atoms with Crippen LogP contribution in [0.5, 0.6) is 0 Å². The van der Waals surface area contributed by atoms with Crippen LogP contribution in [0.1, 0.15) is 11.1 Å². The molecule has 0 aromatic heterocycles. The van der Waals surface area contributed by atoms with E-state index in [4.69, 9.17) is 5.73 Å². The van der Waals surface area contributed by atoms with Crippen LogP contribution in [0, 0.1) is 18.6 Å². The van der Waals surface area contributed by atoms with Crippen molar-refractivity contribution < 1.29 is 13.6 Å². The molecule has 1 amide bonds. The molecule has 0 radical (unpaired) electrons. The summed E-state index contributed by atoms with van der Waals surface area (Å²) in [5, 5.41) is 2.64. The summed E-state index contributed by atoms with van der Waals surface area (Å²) in [6.45, 7) is 1.85. The molecule has 2 aromatic rings. The number of nitrogens with two attached hydrogens (primary N) is 1. The van der Waals surface area contributed by atoms with Crippen LogP contribution in [-0.4, -0.2) is 5.91 Å². The van der Waals surface area contributed by atoms with E-state index in [0.717, 1.165) is 17.7 Å². The first-order valence-corrected chi connectivity index (χ1v) is 6.95. The maximum Gasteiger partial charge on any atom is 0.228 e. The average molecular weight is 355 g/mol. The second-order valence-electron chi connectivity index (χ2n) is 4.65. The van der Waals surface area contributed by atoms with E-state index in [2.05, 4.69) is 21.2 Å². The summed E-state index contributed by atoms with van der Waals surface area (Å²) in [5.74, 6) is -1.83. The first-order valence-electron chi connectivity index (χ1n) is 6.16. The van der Waals surface area contributed by atoms with Gasteiger partial charge in [0.15, 0.2) is 0 Å². The maximum absolute atomic E-state index is 13.5. The maximum atomic E-state index is 13.5. The Balaban J connectivity index is 2.13. The molecule has 0 bridgehead atoms. The van der Waals surface area contributed by atoms with Crippen LogP contribution in [0.15, 0.2) is 34.8 Å². The SMILES string of the molecule is Cc1cc(Br)c(NC(=O)Cc2ccc(F)cc2F)cc1N. The Kier molecular flexibility index (Phi) is 4.57. The normalized spacial score (nSPS) is 10.5. The molecule has 2 aromatic carbocycles. The third-order valence-corrected chi connectivity index (χ3v) is 3.65. The molecule has 3 N–H and O–H groups in total. The van der Waals surface area contributed by atoms with Crippen molar-refractivity contribution >= 4 is 33.2 Å². The molecule has 0 aliphatic carbocycles. The number of carbonyl (C=O) groups excluding carboxylic acids is 1. The van der Waals surface area contributed by atoms with Crippen LogP contribution in [0.25, 0.3) is 0 Å². The molecule has 0 spiro atoms. The predicted molar refractivity (Wildman–Crippen MR) is 82.0 cm³/mol. The average Bonchev–Trinajstić information content (AvgIpc) is 2.39. The van der Waals surface area contributed by atoms with Crippen molar-refractivity contribution in [3.05, 3.63) is 57.6 Å². The highest BCUT2D eigenvalue weighted by atomic mass is 79.9.